The number of amides is 10. The normalized spacial score (nSPS) is 17.5. The summed E-state index contributed by atoms with van der Waals surface area (Å²) in [5.74, 6) is -6.69. The number of imide groups is 1. The van der Waals surface area contributed by atoms with Gasteiger partial charge in [-0.05, 0) is 119 Å². The van der Waals surface area contributed by atoms with E-state index < -0.39 is 133 Å². The molecular formula is C66H63FIN11O16. The van der Waals surface area contributed by atoms with E-state index in [1.165, 1.54) is 39.6 Å². The first-order valence-corrected chi connectivity index (χ1v) is 31.4. The van der Waals surface area contributed by atoms with Crippen molar-refractivity contribution in [3.63, 3.8) is 0 Å². The van der Waals surface area contributed by atoms with Crippen molar-refractivity contribution in [2.45, 2.75) is 89.4 Å². The highest BCUT2D eigenvalue weighted by molar-refractivity contribution is 14.1. The molecule has 95 heavy (non-hydrogen) atoms. The number of hydrogen-bond donors (Lipinski definition) is 7. The predicted molar refractivity (Wildman–Crippen MR) is 344 cm³/mol. The van der Waals surface area contributed by atoms with Gasteiger partial charge < -0.3 is 65.6 Å². The Labute approximate surface area is 554 Å². The molecule has 6 heterocycles. The van der Waals surface area contributed by atoms with Crippen molar-refractivity contribution in [2.75, 3.05) is 56.6 Å². The highest BCUT2D eigenvalue weighted by Gasteiger charge is 2.52. The molecule has 11 rings (SSSR count). The summed E-state index contributed by atoms with van der Waals surface area (Å²) < 4.78 is 34.8. The molecule has 1 saturated heterocycles. The Hall–Kier alpha value is -10.4. The van der Waals surface area contributed by atoms with E-state index in [1.54, 1.807) is 80.6 Å². The van der Waals surface area contributed by atoms with Gasteiger partial charge in [0.15, 0.2) is 0 Å². The van der Waals surface area contributed by atoms with Crippen LogP contribution in [0, 0.1) is 16.3 Å². The summed E-state index contributed by atoms with van der Waals surface area (Å²) in [6, 6.07) is 20.0. The fourth-order valence-electron chi connectivity index (χ4n) is 12.5. The van der Waals surface area contributed by atoms with Crippen molar-refractivity contribution < 1.29 is 76.4 Å². The van der Waals surface area contributed by atoms with Gasteiger partial charge in [-0.25, -0.2) is 28.7 Å². The smallest absolute Gasteiger partial charge is 0.411 e. The average molecular weight is 1410 g/mol. The van der Waals surface area contributed by atoms with Gasteiger partial charge in [-0.2, -0.15) is 0 Å². The lowest BCUT2D eigenvalue weighted by atomic mass is 9.85. The van der Waals surface area contributed by atoms with Gasteiger partial charge >= 0.3 is 18.2 Å². The fraction of sp³-hybridized carbons (Fsp3) is 0.318. The summed E-state index contributed by atoms with van der Waals surface area (Å²) in [6.45, 7) is 0.579. The Morgan fingerprint density at radius 1 is 0.853 bits per heavy atom. The molecule has 29 heteroatoms. The summed E-state index contributed by atoms with van der Waals surface area (Å²) >= 11 is 1.92. The number of aromatic nitrogens is 2. The molecule has 4 aromatic carbocycles. The Morgan fingerprint density at radius 3 is 2.31 bits per heavy atom. The van der Waals surface area contributed by atoms with Crippen LogP contribution in [0.25, 0.3) is 22.3 Å². The highest BCUT2D eigenvalue weighted by Crippen LogP contribution is 2.48. The summed E-state index contributed by atoms with van der Waals surface area (Å²) in [5.41, 5.74) is 2.54. The average Bonchev–Trinajstić information content (AvgIpc) is 1.58. The molecule has 0 saturated carbocycles. The topological polar surface area (TPSA) is 352 Å². The lowest BCUT2D eigenvalue weighted by Gasteiger charge is -2.37. The SMILES string of the molecule is CC[C@@]1(OC(=O)N(C)C[C@@H]2CCCN2C(=O)OCc2ccc(NC(=O)CNC(=O)[C@H](Cc3ccccc3)NC(=O)CNC(=O)CNC(=O)c3cc(I)cc(N4C(=O)C=CC4=O)c3)cc2)C(=O)OCc2c1cc1n(c2=O)Cc2c-1nc1cc(F)c(C)c3c1c2[C@@H](NC(=O)CO)C3. The number of esters is 1. The number of nitrogens with one attached hydrogen (secondary N) is 6. The number of ether oxygens (including phenoxy) is 3. The number of hydrogen-bond acceptors (Lipinski definition) is 17. The van der Waals surface area contributed by atoms with Crippen molar-refractivity contribution in [3.05, 3.63) is 167 Å². The minimum atomic E-state index is -2.09. The van der Waals surface area contributed by atoms with E-state index in [2.05, 4.69) is 31.9 Å². The van der Waals surface area contributed by atoms with Gasteiger partial charge in [0.1, 0.15) is 31.7 Å². The third-order valence-electron chi connectivity index (χ3n) is 17.2. The number of halogens is 2. The van der Waals surface area contributed by atoms with E-state index in [9.17, 15) is 62.6 Å². The third-order valence-corrected chi connectivity index (χ3v) is 17.9. The maximum atomic E-state index is 15.4. The van der Waals surface area contributed by atoms with Crippen LogP contribution in [0.3, 0.4) is 0 Å². The summed E-state index contributed by atoms with van der Waals surface area (Å²) in [5, 5.41) is 25.7. The second kappa shape index (κ2) is 27.6. The second-order valence-corrected chi connectivity index (χ2v) is 24.6. The summed E-state index contributed by atoms with van der Waals surface area (Å²) in [6.07, 6.45) is 1.79. The number of aliphatic hydroxyl groups excluding tert-OH is 1. The zero-order valence-electron chi connectivity index (χ0n) is 51.4. The van der Waals surface area contributed by atoms with E-state index in [0.717, 1.165) is 17.1 Å². The zero-order valence-corrected chi connectivity index (χ0v) is 53.6. The lowest BCUT2D eigenvalue weighted by Crippen LogP contribution is -2.52. The maximum Gasteiger partial charge on any atom is 0.411 e. The minimum absolute atomic E-state index is 0.0215. The monoisotopic (exact) mass is 1410 g/mol. The molecule has 492 valence electrons. The molecule has 6 aromatic rings. The van der Waals surface area contributed by atoms with E-state index in [4.69, 9.17) is 19.2 Å². The van der Waals surface area contributed by atoms with Crippen LogP contribution in [0.5, 0.6) is 0 Å². The van der Waals surface area contributed by atoms with Gasteiger partial charge in [-0.1, -0.05) is 49.4 Å². The van der Waals surface area contributed by atoms with Gasteiger partial charge in [0, 0.05) is 76.1 Å². The number of rotatable bonds is 21. The minimum Gasteiger partial charge on any atom is -0.457 e. The molecule has 0 bridgehead atoms. The van der Waals surface area contributed by atoms with Crippen molar-refractivity contribution >= 4 is 110 Å². The van der Waals surface area contributed by atoms with E-state index in [1.807, 2.05) is 22.6 Å². The number of aliphatic hydroxyl groups is 1. The number of likely N-dealkylation sites (N-methyl/N-ethyl adjacent to an activating group) is 1. The Morgan fingerprint density at radius 2 is 1.58 bits per heavy atom. The molecule has 27 nitrogen and oxygen atoms in total. The number of carbonyl (C=O) groups is 11. The number of benzene rings is 4. The highest BCUT2D eigenvalue weighted by atomic mass is 127. The van der Waals surface area contributed by atoms with Gasteiger partial charge in [0.2, 0.25) is 35.1 Å². The summed E-state index contributed by atoms with van der Waals surface area (Å²) in [4.78, 5) is 167. The van der Waals surface area contributed by atoms with Crippen LogP contribution in [0.1, 0.15) is 87.1 Å². The van der Waals surface area contributed by atoms with Crippen LogP contribution in [0.4, 0.5) is 25.4 Å². The Bertz CT molecular complexity index is 4300. The molecule has 7 N–H and O–H groups in total. The van der Waals surface area contributed by atoms with Crippen LogP contribution >= 0.6 is 22.6 Å². The number of anilines is 2. The molecule has 0 spiro atoms. The van der Waals surface area contributed by atoms with Crippen LogP contribution in [0.2, 0.25) is 0 Å². The number of nitrogens with zero attached hydrogens (tertiary/aromatic N) is 5. The van der Waals surface area contributed by atoms with Crippen molar-refractivity contribution in [3.8, 4) is 11.4 Å². The van der Waals surface area contributed by atoms with Gasteiger partial charge in [-0.3, -0.25) is 43.2 Å². The van der Waals surface area contributed by atoms with E-state index in [0.29, 0.717) is 78.6 Å². The molecule has 0 unspecified atom stereocenters. The maximum absolute atomic E-state index is 15.4. The number of likely N-dealkylation sites (tertiary alicyclic amines) is 1. The van der Waals surface area contributed by atoms with Crippen LogP contribution in [-0.2, 0) is 90.8 Å². The largest absolute Gasteiger partial charge is 0.457 e. The van der Waals surface area contributed by atoms with Crippen LogP contribution < -0.4 is 42.4 Å². The fourth-order valence-corrected chi connectivity index (χ4v) is 13.1. The van der Waals surface area contributed by atoms with Gasteiger partial charge in [0.05, 0.1) is 66.4 Å². The van der Waals surface area contributed by atoms with Crippen LogP contribution in [0.15, 0.2) is 102 Å². The lowest BCUT2D eigenvalue weighted by molar-refractivity contribution is -0.173. The molecule has 1 aliphatic carbocycles. The second-order valence-electron chi connectivity index (χ2n) is 23.3. The third kappa shape index (κ3) is 13.7. The first-order valence-electron chi connectivity index (χ1n) is 30.3. The number of pyridine rings is 2. The molecule has 1 fully saturated rings. The molecule has 4 aliphatic heterocycles. The molecule has 2 aromatic heterocycles. The number of cyclic esters (lactones) is 1. The number of fused-ring (bicyclic) bond motifs is 5. The van der Waals surface area contributed by atoms with Crippen molar-refractivity contribution in [1.82, 2.24) is 45.9 Å². The molecule has 10 amide bonds. The van der Waals surface area contributed by atoms with Gasteiger partial charge in [-0.15, -0.1) is 0 Å². The molecule has 4 atom stereocenters. The van der Waals surface area contributed by atoms with Crippen molar-refractivity contribution in [2.24, 2.45) is 0 Å². The van der Waals surface area contributed by atoms with Crippen molar-refractivity contribution in [1.29, 1.82) is 0 Å². The first-order chi connectivity index (χ1) is 45.5. The standard InChI is InChI=1S/C66H63FIN11O16/c1-4-66(45-24-50-59-43(30-78(50)62(89)44(45)33-93-63(66)90)58-47(73-54(84)31-80)23-42-34(2)46(67)25-48(75-59)57(42)58)95-64(91)76(3)29-40-11-8-18-77(40)65(92)94-32-36-12-14-39(15-13-36)72-52(82)28-71-61(88)49(19-35-9-6-5-7-10-35)74-53(83)27-69-51(81)26-70-60(87)37-20-38(68)22-41(21-37)79-55(85)16-17-56(79)86/h5-7,9-10,12-17,20-22,24-25,40,47,49,80H,4,8,11,18-19,23,26-33H2,1-3H3,(H,69,81)(H,70,87)(H,71,88)(H,72,82)(H,73,84)(H,74,83)/t40-,47-,49-,66-/m0/s1. The first kappa shape index (κ1) is 66.0. The Balaban J connectivity index is 0.656. The van der Waals surface area contributed by atoms with Gasteiger partial charge in [0.25, 0.3) is 23.3 Å². The molecular weight excluding hydrogens is 1350 g/mol. The Kier molecular flexibility index (Phi) is 19.2. The van der Waals surface area contributed by atoms with Crippen LogP contribution in [-0.4, -0.2) is 148 Å². The predicted octanol–water partition coefficient (Wildman–Crippen LogP) is 3.47. The van der Waals surface area contributed by atoms with E-state index in [-0.39, 0.29) is 67.0 Å². The summed E-state index contributed by atoms with van der Waals surface area (Å²) in [7, 11) is 1.45. The molecule has 5 aliphatic rings. The zero-order chi connectivity index (χ0) is 67.6. The van der Waals surface area contributed by atoms with E-state index >= 15 is 4.39 Å². The number of carbonyl (C=O) groups excluding carboxylic acids is 11. The quantitative estimate of drug-likeness (QED) is 0.0234. The molecule has 0 radical (unpaired) electrons.